The first-order chi connectivity index (χ1) is 16.7. The van der Waals surface area contributed by atoms with E-state index >= 15 is 0 Å². The van der Waals surface area contributed by atoms with Crippen molar-refractivity contribution in [3.05, 3.63) is 65.9 Å². The summed E-state index contributed by atoms with van der Waals surface area (Å²) in [5.41, 5.74) is 0.753. The Labute approximate surface area is 201 Å². The number of halogens is 3. The SMILES string of the molecule is CCC(Oc1ccc(C(F)(F)F)cn1)C1CC(C)CN1C(=O)c1c(-c2ncccn2)ccnc1C. The number of amides is 1. The molecule has 4 heterocycles. The molecule has 0 spiro atoms. The minimum Gasteiger partial charge on any atom is -0.472 e. The molecule has 1 amide bonds. The average molecular weight is 486 g/mol. The normalized spacial score (nSPS) is 19.0. The molecule has 0 saturated carbocycles. The number of alkyl halides is 3. The zero-order valence-electron chi connectivity index (χ0n) is 19.7. The van der Waals surface area contributed by atoms with Crippen LogP contribution < -0.4 is 4.74 Å². The van der Waals surface area contributed by atoms with Gasteiger partial charge in [0.05, 0.1) is 22.9 Å². The fourth-order valence-electron chi connectivity index (χ4n) is 4.48. The largest absolute Gasteiger partial charge is 0.472 e. The monoisotopic (exact) mass is 485 g/mol. The lowest BCUT2D eigenvalue weighted by molar-refractivity contribution is -0.137. The number of hydrogen-bond donors (Lipinski definition) is 0. The lowest BCUT2D eigenvalue weighted by atomic mass is 10.0. The number of carbonyl (C=O) groups is 1. The number of rotatable bonds is 6. The Morgan fingerprint density at radius 2 is 1.89 bits per heavy atom. The third-order valence-corrected chi connectivity index (χ3v) is 6.14. The van der Waals surface area contributed by atoms with Gasteiger partial charge in [-0.2, -0.15) is 13.2 Å². The van der Waals surface area contributed by atoms with Gasteiger partial charge in [-0.15, -0.1) is 0 Å². The zero-order chi connectivity index (χ0) is 25.2. The molecule has 1 aliphatic heterocycles. The first kappa shape index (κ1) is 24.6. The Hall–Kier alpha value is -3.56. The number of nitrogens with zero attached hydrogens (tertiary/aromatic N) is 5. The van der Waals surface area contributed by atoms with Crippen LogP contribution in [0.3, 0.4) is 0 Å². The molecule has 0 aromatic carbocycles. The Bertz CT molecular complexity index is 1170. The van der Waals surface area contributed by atoms with E-state index in [1.54, 1.807) is 42.5 Å². The summed E-state index contributed by atoms with van der Waals surface area (Å²) < 4.78 is 44.7. The van der Waals surface area contributed by atoms with Crippen LogP contribution in [0.5, 0.6) is 5.88 Å². The molecule has 7 nitrogen and oxygen atoms in total. The summed E-state index contributed by atoms with van der Waals surface area (Å²) in [4.78, 5) is 32.4. The minimum absolute atomic E-state index is 0.0905. The van der Waals surface area contributed by atoms with Gasteiger partial charge in [0.25, 0.3) is 5.91 Å². The Morgan fingerprint density at radius 1 is 1.14 bits per heavy atom. The second-order valence-corrected chi connectivity index (χ2v) is 8.70. The lowest BCUT2D eigenvalue weighted by Crippen LogP contribution is -2.45. The Balaban J connectivity index is 1.62. The van der Waals surface area contributed by atoms with Crippen LogP contribution >= 0.6 is 0 Å². The molecule has 35 heavy (non-hydrogen) atoms. The summed E-state index contributed by atoms with van der Waals surface area (Å²) in [6.07, 6.45) is 1.94. The van der Waals surface area contributed by atoms with Crippen molar-refractivity contribution in [1.29, 1.82) is 0 Å². The van der Waals surface area contributed by atoms with Crippen LogP contribution in [0.2, 0.25) is 0 Å². The van der Waals surface area contributed by atoms with Crippen molar-refractivity contribution >= 4 is 5.91 Å². The van der Waals surface area contributed by atoms with Crippen molar-refractivity contribution in [3.63, 3.8) is 0 Å². The predicted octanol–water partition coefficient (Wildman–Crippen LogP) is 4.97. The number of pyridine rings is 2. The summed E-state index contributed by atoms with van der Waals surface area (Å²) in [6.45, 7) is 6.26. The topological polar surface area (TPSA) is 81.1 Å². The van der Waals surface area contributed by atoms with E-state index < -0.39 is 17.8 Å². The van der Waals surface area contributed by atoms with Crippen molar-refractivity contribution in [2.45, 2.75) is 51.9 Å². The number of hydrogen-bond acceptors (Lipinski definition) is 6. The molecular formula is C25H26F3N5O2. The van der Waals surface area contributed by atoms with Crippen LogP contribution in [0.15, 0.2) is 49.1 Å². The van der Waals surface area contributed by atoms with Crippen LogP contribution in [0, 0.1) is 12.8 Å². The maximum atomic E-state index is 13.9. The van der Waals surface area contributed by atoms with Gasteiger partial charge in [0.15, 0.2) is 5.82 Å². The number of likely N-dealkylation sites (tertiary alicyclic amines) is 1. The second kappa shape index (κ2) is 9.97. The summed E-state index contributed by atoms with van der Waals surface area (Å²) in [6, 6.07) is 5.31. The van der Waals surface area contributed by atoms with Crippen LogP contribution in [0.4, 0.5) is 13.2 Å². The highest BCUT2D eigenvalue weighted by atomic mass is 19.4. The summed E-state index contributed by atoms with van der Waals surface area (Å²) >= 11 is 0. The highest BCUT2D eigenvalue weighted by Gasteiger charge is 2.40. The fraction of sp³-hybridized carbons (Fsp3) is 0.400. The third kappa shape index (κ3) is 5.26. The van der Waals surface area contributed by atoms with Crippen LogP contribution in [0.25, 0.3) is 11.4 Å². The van der Waals surface area contributed by atoms with Gasteiger partial charge in [0, 0.05) is 43.0 Å². The van der Waals surface area contributed by atoms with Gasteiger partial charge in [-0.1, -0.05) is 13.8 Å². The van der Waals surface area contributed by atoms with E-state index in [2.05, 4.69) is 26.9 Å². The van der Waals surface area contributed by atoms with Gasteiger partial charge < -0.3 is 9.64 Å². The molecule has 3 unspecified atom stereocenters. The minimum atomic E-state index is -4.47. The number of aryl methyl sites for hydroxylation is 1. The van der Waals surface area contributed by atoms with Crippen molar-refractivity contribution in [1.82, 2.24) is 24.8 Å². The maximum absolute atomic E-state index is 13.9. The highest BCUT2D eigenvalue weighted by molar-refractivity contribution is 6.01. The van der Waals surface area contributed by atoms with E-state index in [4.69, 9.17) is 4.74 Å². The standard InChI is InChI=1S/C25H26F3N5O2/c1-4-20(35-21-7-6-17(13-32-21)25(26,27)28)19-12-15(2)14-33(19)24(34)22-16(3)29-11-8-18(22)23-30-9-5-10-31-23/h5-11,13,15,19-20H,4,12,14H2,1-3H3. The van der Waals surface area contributed by atoms with Crippen molar-refractivity contribution in [3.8, 4) is 17.3 Å². The summed E-state index contributed by atoms with van der Waals surface area (Å²) in [5, 5.41) is 0. The molecule has 0 N–H and O–H groups in total. The molecule has 3 aromatic heterocycles. The molecule has 0 aliphatic carbocycles. The maximum Gasteiger partial charge on any atom is 0.417 e. The van der Waals surface area contributed by atoms with Crippen molar-refractivity contribution < 1.29 is 22.7 Å². The summed E-state index contributed by atoms with van der Waals surface area (Å²) in [5.74, 6) is 0.542. The van der Waals surface area contributed by atoms with E-state index in [0.717, 1.165) is 12.3 Å². The Kier molecular flexibility index (Phi) is 7.00. The van der Waals surface area contributed by atoms with Crippen LogP contribution in [-0.2, 0) is 6.18 Å². The van der Waals surface area contributed by atoms with Gasteiger partial charge in [-0.05, 0) is 43.9 Å². The van der Waals surface area contributed by atoms with E-state index in [0.29, 0.717) is 42.0 Å². The van der Waals surface area contributed by atoms with E-state index in [1.807, 2.05) is 6.92 Å². The molecule has 0 radical (unpaired) electrons. The first-order valence-electron chi connectivity index (χ1n) is 11.4. The van der Waals surface area contributed by atoms with E-state index in [9.17, 15) is 18.0 Å². The van der Waals surface area contributed by atoms with Gasteiger partial charge in [-0.25, -0.2) is 15.0 Å². The molecule has 10 heteroatoms. The third-order valence-electron chi connectivity index (χ3n) is 6.14. The average Bonchev–Trinajstić information content (AvgIpc) is 3.23. The van der Waals surface area contributed by atoms with Gasteiger partial charge in [-0.3, -0.25) is 9.78 Å². The number of ether oxygens (including phenoxy) is 1. The zero-order valence-corrected chi connectivity index (χ0v) is 19.7. The predicted molar refractivity (Wildman–Crippen MR) is 123 cm³/mol. The highest BCUT2D eigenvalue weighted by Crippen LogP contribution is 2.33. The molecule has 0 bridgehead atoms. The van der Waals surface area contributed by atoms with E-state index in [1.165, 1.54) is 6.07 Å². The fourth-order valence-corrected chi connectivity index (χ4v) is 4.48. The molecule has 184 valence electrons. The van der Waals surface area contributed by atoms with Crippen LogP contribution in [0.1, 0.15) is 48.3 Å². The second-order valence-electron chi connectivity index (χ2n) is 8.70. The molecular weight excluding hydrogens is 459 g/mol. The van der Waals surface area contributed by atoms with Gasteiger partial charge in [0.1, 0.15) is 6.10 Å². The molecule has 1 fully saturated rings. The molecule has 1 saturated heterocycles. The molecule has 3 aromatic rings. The summed E-state index contributed by atoms with van der Waals surface area (Å²) in [7, 11) is 0. The quantitative estimate of drug-likeness (QED) is 0.491. The van der Waals surface area contributed by atoms with Gasteiger partial charge >= 0.3 is 6.18 Å². The van der Waals surface area contributed by atoms with Crippen molar-refractivity contribution in [2.75, 3.05) is 6.54 Å². The van der Waals surface area contributed by atoms with E-state index in [-0.39, 0.29) is 23.7 Å². The molecule has 1 aliphatic rings. The van der Waals surface area contributed by atoms with Crippen molar-refractivity contribution in [2.24, 2.45) is 5.92 Å². The number of aromatic nitrogens is 4. The number of carbonyl (C=O) groups excluding carboxylic acids is 1. The molecule has 4 rings (SSSR count). The smallest absolute Gasteiger partial charge is 0.417 e. The first-order valence-corrected chi connectivity index (χ1v) is 11.4. The molecule has 3 atom stereocenters. The Morgan fingerprint density at radius 3 is 2.51 bits per heavy atom. The lowest BCUT2D eigenvalue weighted by Gasteiger charge is -2.32. The van der Waals surface area contributed by atoms with Crippen LogP contribution in [-0.4, -0.2) is 49.4 Å². The van der Waals surface area contributed by atoms with Gasteiger partial charge in [0.2, 0.25) is 5.88 Å².